The van der Waals surface area contributed by atoms with Crippen molar-refractivity contribution in [2.24, 2.45) is 0 Å². The fraction of sp³-hybridized carbons (Fsp3) is 0.368. The van der Waals surface area contributed by atoms with Gasteiger partial charge in [-0.15, -0.1) is 0 Å². The van der Waals surface area contributed by atoms with Crippen molar-refractivity contribution in [3.63, 3.8) is 0 Å². The molecule has 0 aromatic heterocycles. The van der Waals surface area contributed by atoms with Crippen LogP contribution < -0.4 is 0 Å². The van der Waals surface area contributed by atoms with Crippen LogP contribution >= 0.6 is 0 Å². The fourth-order valence-corrected chi connectivity index (χ4v) is 3.16. The first kappa shape index (κ1) is 15.2. The number of hydrogen-bond acceptors (Lipinski definition) is 1. The normalized spacial score (nSPS) is 19.5. The van der Waals surface area contributed by atoms with Gasteiger partial charge in [0.25, 0.3) is 5.92 Å². The van der Waals surface area contributed by atoms with Gasteiger partial charge in [-0.05, 0) is 36.1 Å². The highest BCUT2D eigenvalue weighted by molar-refractivity contribution is 5.30. The van der Waals surface area contributed by atoms with Gasteiger partial charge in [0, 0.05) is 25.6 Å². The van der Waals surface area contributed by atoms with Crippen molar-refractivity contribution in [3.8, 4) is 0 Å². The maximum Gasteiger partial charge on any atom is 0.270 e. The van der Waals surface area contributed by atoms with Crippen molar-refractivity contribution in [2.75, 3.05) is 13.1 Å². The second kappa shape index (κ2) is 6.17. The predicted molar refractivity (Wildman–Crippen MR) is 85.1 cm³/mol. The smallest absolute Gasteiger partial charge is 0.270 e. The molecular formula is C19H21F2N. The highest BCUT2D eigenvalue weighted by Crippen LogP contribution is 2.32. The van der Waals surface area contributed by atoms with Gasteiger partial charge in [-0.25, -0.2) is 8.78 Å². The Kier molecular flexibility index (Phi) is 4.25. The van der Waals surface area contributed by atoms with Crippen molar-refractivity contribution in [1.29, 1.82) is 0 Å². The van der Waals surface area contributed by atoms with E-state index in [1.807, 2.05) is 12.1 Å². The van der Waals surface area contributed by atoms with Crippen molar-refractivity contribution >= 4 is 0 Å². The van der Waals surface area contributed by atoms with Crippen LogP contribution in [0.5, 0.6) is 0 Å². The SMILES string of the molecule is CC(F)(F)c1cccc(C2CCN(Cc3ccccc3)C2)c1. The largest absolute Gasteiger partial charge is 0.298 e. The van der Waals surface area contributed by atoms with Gasteiger partial charge >= 0.3 is 0 Å². The maximum absolute atomic E-state index is 13.5. The number of alkyl halides is 2. The van der Waals surface area contributed by atoms with Crippen LogP contribution in [0, 0.1) is 0 Å². The number of rotatable bonds is 4. The Balaban J connectivity index is 1.68. The highest BCUT2D eigenvalue weighted by atomic mass is 19.3. The minimum absolute atomic E-state index is 0.117. The maximum atomic E-state index is 13.5. The van der Waals surface area contributed by atoms with Crippen LogP contribution in [0.2, 0.25) is 0 Å². The van der Waals surface area contributed by atoms with Crippen LogP contribution in [0.25, 0.3) is 0 Å². The third-order valence-corrected chi connectivity index (χ3v) is 4.39. The Labute approximate surface area is 130 Å². The van der Waals surface area contributed by atoms with E-state index in [4.69, 9.17) is 0 Å². The van der Waals surface area contributed by atoms with Gasteiger partial charge < -0.3 is 0 Å². The van der Waals surface area contributed by atoms with Crippen LogP contribution in [-0.2, 0) is 12.5 Å². The summed E-state index contributed by atoms with van der Waals surface area (Å²) < 4.78 is 27.0. The molecule has 0 radical (unpaired) electrons. The van der Waals surface area contributed by atoms with Crippen molar-refractivity contribution < 1.29 is 8.78 Å². The van der Waals surface area contributed by atoms with Gasteiger partial charge in [0.05, 0.1) is 0 Å². The summed E-state index contributed by atoms with van der Waals surface area (Å²) in [6, 6.07) is 17.3. The number of benzene rings is 2. The molecule has 0 bridgehead atoms. The van der Waals surface area contributed by atoms with Crippen LogP contribution in [0.4, 0.5) is 8.78 Å². The zero-order valence-electron chi connectivity index (χ0n) is 12.8. The summed E-state index contributed by atoms with van der Waals surface area (Å²) in [4.78, 5) is 2.40. The van der Waals surface area contributed by atoms with Crippen LogP contribution in [0.3, 0.4) is 0 Å². The summed E-state index contributed by atoms with van der Waals surface area (Å²) in [5.41, 5.74) is 2.46. The number of likely N-dealkylation sites (tertiary alicyclic amines) is 1. The summed E-state index contributed by atoms with van der Waals surface area (Å²) >= 11 is 0. The second-order valence-corrected chi connectivity index (χ2v) is 6.22. The second-order valence-electron chi connectivity index (χ2n) is 6.22. The first-order valence-electron chi connectivity index (χ1n) is 7.77. The third-order valence-electron chi connectivity index (χ3n) is 4.39. The molecule has 1 heterocycles. The van der Waals surface area contributed by atoms with E-state index in [9.17, 15) is 8.78 Å². The quantitative estimate of drug-likeness (QED) is 0.785. The molecule has 3 heteroatoms. The first-order valence-corrected chi connectivity index (χ1v) is 7.77. The Hall–Kier alpha value is -1.74. The summed E-state index contributed by atoms with van der Waals surface area (Å²) in [5, 5.41) is 0. The molecule has 0 amide bonds. The molecule has 1 atom stereocenters. The van der Waals surface area contributed by atoms with Gasteiger partial charge in [-0.2, -0.15) is 0 Å². The van der Waals surface area contributed by atoms with E-state index in [2.05, 4.69) is 29.2 Å². The van der Waals surface area contributed by atoms with Crippen molar-refractivity contribution in [1.82, 2.24) is 4.90 Å². The first-order chi connectivity index (χ1) is 10.5. The van der Waals surface area contributed by atoms with E-state index in [-0.39, 0.29) is 5.56 Å². The molecule has 1 nitrogen and oxygen atoms in total. The molecular weight excluding hydrogens is 280 g/mol. The summed E-state index contributed by atoms with van der Waals surface area (Å²) in [6.45, 7) is 3.85. The van der Waals surface area contributed by atoms with Gasteiger partial charge in [-0.3, -0.25) is 4.90 Å². The molecule has 0 saturated carbocycles. The van der Waals surface area contributed by atoms with E-state index in [1.54, 1.807) is 12.1 Å². The molecule has 1 aliphatic heterocycles. The molecule has 1 fully saturated rings. The zero-order chi connectivity index (χ0) is 15.6. The molecule has 2 aromatic rings. The molecule has 0 aliphatic carbocycles. The molecule has 3 rings (SSSR count). The molecule has 22 heavy (non-hydrogen) atoms. The zero-order valence-corrected chi connectivity index (χ0v) is 12.8. The topological polar surface area (TPSA) is 3.24 Å². The Morgan fingerprint density at radius 1 is 1.09 bits per heavy atom. The number of nitrogens with zero attached hydrogens (tertiary/aromatic N) is 1. The van der Waals surface area contributed by atoms with Crippen molar-refractivity contribution in [2.45, 2.75) is 31.7 Å². The standard InChI is InChI=1S/C19H21F2N/c1-19(20,21)18-9-5-8-16(12-18)17-10-11-22(14-17)13-15-6-3-2-4-7-15/h2-9,12,17H,10-11,13-14H2,1H3. The molecule has 1 unspecified atom stereocenters. The van der Waals surface area contributed by atoms with Crippen LogP contribution in [0.15, 0.2) is 54.6 Å². The third kappa shape index (κ3) is 3.53. The lowest BCUT2D eigenvalue weighted by atomic mass is 9.95. The Morgan fingerprint density at radius 3 is 2.59 bits per heavy atom. The molecule has 116 valence electrons. The van der Waals surface area contributed by atoms with Crippen LogP contribution in [0.1, 0.15) is 36.0 Å². The summed E-state index contributed by atoms with van der Waals surface area (Å²) in [7, 11) is 0. The lowest BCUT2D eigenvalue weighted by molar-refractivity contribution is 0.0174. The minimum Gasteiger partial charge on any atom is -0.298 e. The Bertz CT molecular complexity index is 619. The highest BCUT2D eigenvalue weighted by Gasteiger charge is 2.28. The average molecular weight is 301 g/mol. The summed E-state index contributed by atoms with van der Waals surface area (Å²) in [6.07, 6.45) is 1.03. The van der Waals surface area contributed by atoms with Crippen LogP contribution in [-0.4, -0.2) is 18.0 Å². The summed E-state index contributed by atoms with van der Waals surface area (Å²) in [5.74, 6) is -2.41. The van der Waals surface area contributed by atoms with Gasteiger partial charge in [0.1, 0.15) is 0 Å². The molecule has 1 aliphatic rings. The van der Waals surface area contributed by atoms with E-state index in [0.29, 0.717) is 5.92 Å². The van der Waals surface area contributed by atoms with E-state index in [1.165, 1.54) is 11.6 Å². The van der Waals surface area contributed by atoms with Gasteiger partial charge in [0.2, 0.25) is 0 Å². The van der Waals surface area contributed by atoms with E-state index in [0.717, 1.165) is 38.5 Å². The lowest BCUT2D eigenvalue weighted by Gasteiger charge is -2.17. The fourth-order valence-electron chi connectivity index (χ4n) is 3.16. The monoisotopic (exact) mass is 301 g/mol. The molecule has 0 N–H and O–H groups in total. The number of halogens is 2. The van der Waals surface area contributed by atoms with Crippen molar-refractivity contribution in [3.05, 3.63) is 71.3 Å². The van der Waals surface area contributed by atoms with Gasteiger partial charge in [0.15, 0.2) is 0 Å². The average Bonchev–Trinajstić information content (AvgIpc) is 2.96. The van der Waals surface area contributed by atoms with E-state index >= 15 is 0 Å². The van der Waals surface area contributed by atoms with E-state index < -0.39 is 5.92 Å². The molecule has 0 spiro atoms. The predicted octanol–water partition coefficient (Wildman–Crippen LogP) is 4.79. The molecule has 2 aromatic carbocycles. The lowest BCUT2D eigenvalue weighted by Crippen LogP contribution is -2.19. The minimum atomic E-state index is -2.77. The number of hydrogen-bond donors (Lipinski definition) is 0. The molecule has 1 saturated heterocycles. The van der Waals surface area contributed by atoms with Gasteiger partial charge in [-0.1, -0.05) is 48.5 Å². The Morgan fingerprint density at radius 2 is 1.86 bits per heavy atom.